The molecule has 0 heterocycles. The third kappa shape index (κ3) is 4.40. The van der Waals surface area contributed by atoms with Crippen molar-refractivity contribution in [2.24, 2.45) is 39.9 Å². The van der Waals surface area contributed by atoms with Crippen LogP contribution >= 0.6 is 0 Å². The zero-order chi connectivity index (χ0) is 27.5. The van der Waals surface area contributed by atoms with Gasteiger partial charge in [-0.15, -0.1) is 0 Å². The molecule has 0 saturated heterocycles. The molecular weight excluding hydrogens is 468 g/mol. The molecular formula is C31H48O6. The van der Waals surface area contributed by atoms with Gasteiger partial charge in [-0.05, 0) is 111 Å². The topological polar surface area (TPSA) is 104 Å². The highest BCUT2D eigenvalue weighted by Gasteiger charge is 2.70. The lowest BCUT2D eigenvalue weighted by Crippen LogP contribution is -2.65. The molecule has 4 aliphatic carbocycles. The van der Waals surface area contributed by atoms with Gasteiger partial charge >= 0.3 is 11.9 Å². The standard InChI is InChI=1S/C31H48O6/c1-17(2)9-8-10-20(28(35)36)26-22-15-24(34)27-29(5)13-12-23(33)18(3)21(29)11-14-30(27,6)31(22,7)16-25(26)37-19(4)32/h9,18,21-25,27,33-34H,8,10-16H2,1-7H3,(H,35,36)/b26-20-/t18-,21-,22+,23+,24+,25+,27-,29-,30-,31+/m0/s1. The summed E-state index contributed by atoms with van der Waals surface area (Å²) in [7, 11) is 0. The van der Waals surface area contributed by atoms with Gasteiger partial charge in [-0.3, -0.25) is 4.79 Å². The fraction of sp³-hybridized carbons (Fsp3) is 0.806. The molecule has 37 heavy (non-hydrogen) atoms. The van der Waals surface area contributed by atoms with Crippen LogP contribution in [0.4, 0.5) is 0 Å². The summed E-state index contributed by atoms with van der Waals surface area (Å²) in [4.78, 5) is 24.8. The van der Waals surface area contributed by atoms with E-state index >= 15 is 0 Å². The van der Waals surface area contributed by atoms with Gasteiger partial charge in [0.2, 0.25) is 0 Å². The minimum atomic E-state index is -0.953. The summed E-state index contributed by atoms with van der Waals surface area (Å²) in [6, 6.07) is 0. The van der Waals surface area contributed by atoms with E-state index in [0.717, 1.165) is 36.8 Å². The van der Waals surface area contributed by atoms with Gasteiger partial charge in [-0.25, -0.2) is 4.79 Å². The zero-order valence-corrected chi connectivity index (χ0v) is 23.8. The molecule has 0 unspecified atom stereocenters. The van der Waals surface area contributed by atoms with Crippen molar-refractivity contribution >= 4 is 11.9 Å². The molecule has 0 aromatic carbocycles. The van der Waals surface area contributed by atoms with Crippen molar-refractivity contribution in [1.29, 1.82) is 0 Å². The highest BCUT2D eigenvalue weighted by atomic mass is 16.5. The summed E-state index contributed by atoms with van der Waals surface area (Å²) in [5.74, 6) is -0.909. The second-order valence-corrected chi connectivity index (χ2v) is 13.6. The molecule has 6 nitrogen and oxygen atoms in total. The van der Waals surface area contributed by atoms with Crippen LogP contribution in [-0.4, -0.2) is 45.6 Å². The second-order valence-electron chi connectivity index (χ2n) is 13.6. The number of rotatable bonds is 5. The summed E-state index contributed by atoms with van der Waals surface area (Å²) in [5.41, 5.74) is 1.57. The summed E-state index contributed by atoms with van der Waals surface area (Å²) >= 11 is 0. The SMILES string of the molecule is CC(=O)O[C@@H]1C[C@]2(C)[C@H](C[C@@H](O)[C@H]3[C@@]4(C)CC[C@@H](O)[C@@H](C)[C@@H]4CC[C@@]32C)/C1=C(\CCC=C(C)C)C(=O)O. The first-order chi connectivity index (χ1) is 17.2. The Balaban J connectivity index is 1.82. The zero-order valence-electron chi connectivity index (χ0n) is 23.8. The number of aliphatic hydroxyl groups is 2. The van der Waals surface area contributed by atoms with Gasteiger partial charge in [-0.1, -0.05) is 39.3 Å². The third-order valence-electron chi connectivity index (χ3n) is 11.6. The molecule has 3 N–H and O–H groups in total. The average molecular weight is 517 g/mol. The fourth-order valence-corrected chi connectivity index (χ4v) is 9.79. The summed E-state index contributed by atoms with van der Waals surface area (Å²) in [6.45, 7) is 14.5. The predicted octanol–water partition coefficient (Wildman–Crippen LogP) is 5.67. The number of fused-ring (bicyclic) bond motifs is 5. The Labute approximate surface area is 222 Å². The number of aliphatic hydroxyl groups excluding tert-OH is 2. The number of hydrogen-bond donors (Lipinski definition) is 3. The van der Waals surface area contributed by atoms with Crippen molar-refractivity contribution in [3.8, 4) is 0 Å². The molecule has 0 aromatic heterocycles. The number of carbonyl (C=O) groups is 2. The van der Waals surface area contributed by atoms with Crippen molar-refractivity contribution in [2.45, 2.75) is 118 Å². The molecule has 0 amide bonds. The molecule has 4 aliphatic rings. The highest BCUT2D eigenvalue weighted by molar-refractivity contribution is 5.88. The molecule has 4 rings (SSSR count). The van der Waals surface area contributed by atoms with Crippen molar-refractivity contribution in [2.75, 3.05) is 0 Å². The van der Waals surface area contributed by atoms with E-state index < -0.39 is 24.1 Å². The Morgan fingerprint density at radius 2 is 1.70 bits per heavy atom. The number of aliphatic carboxylic acids is 1. The Kier molecular flexibility index (Phi) is 7.53. The van der Waals surface area contributed by atoms with E-state index in [4.69, 9.17) is 4.74 Å². The molecule has 4 fully saturated rings. The van der Waals surface area contributed by atoms with Crippen molar-refractivity contribution in [3.05, 3.63) is 22.8 Å². The first kappa shape index (κ1) is 28.4. The lowest BCUT2D eigenvalue weighted by Gasteiger charge is -2.69. The molecule has 10 atom stereocenters. The van der Waals surface area contributed by atoms with E-state index in [1.807, 2.05) is 19.9 Å². The van der Waals surface area contributed by atoms with Gasteiger partial charge in [0.25, 0.3) is 0 Å². The number of esters is 1. The number of hydrogen-bond acceptors (Lipinski definition) is 5. The molecule has 6 heteroatoms. The fourth-order valence-electron chi connectivity index (χ4n) is 9.79. The van der Waals surface area contributed by atoms with Crippen LogP contribution in [0.3, 0.4) is 0 Å². The minimum Gasteiger partial charge on any atom is -0.478 e. The monoisotopic (exact) mass is 516 g/mol. The van der Waals surface area contributed by atoms with Crippen molar-refractivity contribution < 1.29 is 29.6 Å². The van der Waals surface area contributed by atoms with E-state index in [1.54, 1.807) is 0 Å². The van der Waals surface area contributed by atoms with Gasteiger partial charge in [0.1, 0.15) is 6.10 Å². The maximum Gasteiger partial charge on any atom is 0.331 e. The van der Waals surface area contributed by atoms with E-state index in [9.17, 15) is 24.9 Å². The van der Waals surface area contributed by atoms with Gasteiger partial charge in [-0.2, -0.15) is 0 Å². The molecule has 4 saturated carbocycles. The normalized spacial score (nSPS) is 46.2. The van der Waals surface area contributed by atoms with Crippen LogP contribution < -0.4 is 0 Å². The van der Waals surface area contributed by atoms with Gasteiger partial charge in [0.05, 0.1) is 12.2 Å². The summed E-state index contributed by atoms with van der Waals surface area (Å²) in [5, 5.41) is 32.9. The Hall–Kier alpha value is -1.66. The van der Waals surface area contributed by atoms with Crippen LogP contribution in [0.15, 0.2) is 22.8 Å². The van der Waals surface area contributed by atoms with Crippen molar-refractivity contribution in [3.63, 3.8) is 0 Å². The lowest BCUT2D eigenvalue weighted by atomic mass is 9.36. The van der Waals surface area contributed by atoms with Crippen LogP contribution in [0, 0.1) is 39.9 Å². The third-order valence-corrected chi connectivity index (χ3v) is 11.6. The molecule has 0 aromatic rings. The van der Waals surface area contributed by atoms with Crippen LogP contribution in [0.1, 0.15) is 99.8 Å². The maximum absolute atomic E-state index is 12.6. The number of carbonyl (C=O) groups excluding carboxylic acids is 1. The highest BCUT2D eigenvalue weighted by Crippen LogP contribution is 2.74. The van der Waals surface area contributed by atoms with Crippen LogP contribution in [0.25, 0.3) is 0 Å². The number of carboxylic acid groups (broad SMARTS) is 1. The quantitative estimate of drug-likeness (QED) is 0.247. The molecule has 0 radical (unpaired) electrons. The Morgan fingerprint density at radius 1 is 1.03 bits per heavy atom. The molecule has 0 spiro atoms. The van der Waals surface area contributed by atoms with Crippen LogP contribution in [-0.2, 0) is 14.3 Å². The summed E-state index contributed by atoms with van der Waals surface area (Å²) < 4.78 is 5.87. The molecule has 208 valence electrons. The van der Waals surface area contributed by atoms with E-state index in [1.165, 1.54) is 6.92 Å². The van der Waals surface area contributed by atoms with E-state index in [-0.39, 0.29) is 40.1 Å². The maximum atomic E-state index is 12.6. The van der Waals surface area contributed by atoms with Gasteiger partial charge in [0.15, 0.2) is 0 Å². The predicted molar refractivity (Wildman–Crippen MR) is 143 cm³/mol. The first-order valence-electron chi connectivity index (χ1n) is 14.3. The number of allylic oxidation sites excluding steroid dienone is 2. The largest absolute Gasteiger partial charge is 0.478 e. The Bertz CT molecular complexity index is 994. The summed E-state index contributed by atoms with van der Waals surface area (Å²) in [6.07, 6.45) is 6.22. The number of carboxylic acids is 1. The van der Waals surface area contributed by atoms with Crippen molar-refractivity contribution in [1.82, 2.24) is 0 Å². The first-order valence-corrected chi connectivity index (χ1v) is 14.3. The average Bonchev–Trinajstić information content (AvgIpc) is 3.05. The lowest BCUT2D eigenvalue weighted by molar-refractivity contribution is -0.234. The molecule has 0 aliphatic heterocycles. The minimum absolute atomic E-state index is 0.0474. The van der Waals surface area contributed by atoms with Crippen LogP contribution in [0.5, 0.6) is 0 Å². The van der Waals surface area contributed by atoms with E-state index in [2.05, 4.69) is 27.7 Å². The molecule has 0 bridgehead atoms. The van der Waals surface area contributed by atoms with Gasteiger partial charge in [0, 0.05) is 12.5 Å². The Morgan fingerprint density at radius 3 is 2.30 bits per heavy atom. The number of ether oxygens (including phenoxy) is 1. The smallest absolute Gasteiger partial charge is 0.331 e. The van der Waals surface area contributed by atoms with E-state index in [0.29, 0.717) is 37.2 Å². The van der Waals surface area contributed by atoms with Crippen LogP contribution in [0.2, 0.25) is 0 Å². The van der Waals surface area contributed by atoms with Gasteiger partial charge < -0.3 is 20.1 Å². The second kappa shape index (κ2) is 9.82.